The van der Waals surface area contributed by atoms with Crippen LogP contribution in [0.1, 0.15) is 59.1 Å². The van der Waals surface area contributed by atoms with Crippen LogP contribution >= 0.6 is 0 Å². The number of hydrogen-bond acceptors (Lipinski definition) is 2. The van der Waals surface area contributed by atoms with Gasteiger partial charge in [0.2, 0.25) is 0 Å². The minimum Gasteiger partial charge on any atom is -0.376 e. The summed E-state index contributed by atoms with van der Waals surface area (Å²) in [5.41, 5.74) is 1.32. The number of ether oxygens (including phenoxy) is 1. The van der Waals surface area contributed by atoms with Crippen LogP contribution in [0.3, 0.4) is 0 Å². The maximum absolute atomic E-state index is 6.32. The fourth-order valence-corrected chi connectivity index (χ4v) is 2.83. The molecule has 0 radical (unpaired) electrons. The standard InChI is InChI=1S/C19H33NO/c1-6-11-16(5)14-21-19(15(3)4)18(20-7-2)17-12-9-8-10-13-17/h8-10,12-13,15-16,18-20H,6-7,11,14H2,1-5H3. The molecule has 0 aliphatic heterocycles. The Hall–Kier alpha value is -0.860. The number of nitrogens with one attached hydrogen (secondary N) is 1. The minimum atomic E-state index is 0.214. The molecular weight excluding hydrogens is 258 g/mol. The monoisotopic (exact) mass is 291 g/mol. The van der Waals surface area contributed by atoms with Crippen LogP contribution in [-0.4, -0.2) is 19.3 Å². The molecule has 2 heteroatoms. The summed E-state index contributed by atoms with van der Waals surface area (Å²) < 4.78 is 6.32. The molecule has 1 N–H and O–H groups in total. The van der Waals surface area contributed by atoms with Gasteiger partial charge in [-0.2, -0.15) is 0 Å². The average Bonchev–Trinajstić information content (AvgIpc) is 2.47. The molecule has 0 saturated carbocycles. The Kier molecular flexibility index (Phi) is 8.63. The zero-order chi connectivity index (χ0) is 15.7. The molecule has 0 saturated heterocycles. The second kappa shape index (κ2) is 9.97. The molecule has 0 amide bonds. The predicted molar refractivity (Wildman–Crippen MR) is 91.5 cm³/mol. The van der Waals surface area contributed by atoms with Crippen LogP contribution in [0.25, 0.3) is 0 Å². The molecule has 0 fully saturated rings. The van der Waals surface area contributed by atoms with Crippen molar-refractivity contribution in [1.29, 1.82) is 0 Å². The Morgan fingerprint density at radius 1 is 1.05 bits per heavy atom. The second-order valence-electron chi connectivity index (χ2n) is 6.38. The summed E-state index contributed by atoms with van der Waals surface area (Å²) >= 11 is 0. The van der Waals surface area contributed by atoms with E-state index in [4.69, 9.17) is 4.74 Å². The summed E-state index contributed by atoms with van der Waals surface area (Å²) in [7, 11) is 0. The molecule has 0 aliphatic carbocycles. The normalized spacial score (nSPS) is 15.9. The van der Waals surface area contributed by atoms with Crippen molar-refractivity contribution in [2.75, 3.05) is 13.2 Å². The van der Waals surface area contributed by atoms with Gasteiger partial charge in [-0.1, -0.05) is 71.4 Å². The lowest BCUT2D eigenvalue weighted by atomic mass is 9.93. The maximum Gasteiger partial charge on any atom is 0.0792 e. The van der Waals surface area contributed by atoms with Gasteiger partial charge in [-0.05, 0) is 30.4 Å². The summed E-state index contributed by atoms with van der Waals surface area (Å²) in [6.45, 7) is 13.0. The number of hydrogen-bond donors (Lipinski definition) is 1. The van der Waals surface area contributed by atoms with E-state index < -0.39 is 0 Å². The van der Waals surface area contributed by atoms with Crippen LogP contribution < -0.4 is 5.32 Å². The van der Waals surface area contributed by atoms with Crippen molar-refractivity contribution in [2.45, 2.75) is 59.6 Å². The van der Waals surface area contributed by atoms with Crippen molar-refractivity contribution in [1.82, 2.24) is 5.32 Å². The van der Waals surface area contributed by atoms with Gasteiger partial charge < -0.3 is 10.1 Å². The van der Waals surface area contributed by atoms with Crippen LogP contribution in [0, 0.1) is 11.8 Å². The molecule has 0 bridgehead atoms. The van der Waals surface area contributed by atoms with Crippen molar-refractivity contribution >= 4 is 0 Å². The molecule has 0 aromatic heterocycles. The molecule has 1 aromatic rings. The minimum absolute atomic E-state index is 0.214. The topological polar surface area (TPSA) is 21.3 Å². The summed E-state index contributed by atoms with van der Waals surface area (Å²) in [5.74, 6) is 1.12. The summed E-state index contributed by atoms with van der Waals surface area (Å²) in [5, 5.41) is 3.61. The van der Waals surface area contributed by atoms with Crippen LogP contribution in [0.4, 0.5) is 0 Å². The largest absolute Gasteiger partial charge is 0.376 e. The molecule has 1 rings (SSSR count). The van der Waals surface area contributed by atoms with Crippen molar-refractivity contribution < 1.29 is 4.74 Å². The lowest BCUT2D eigenvalue weighted by molar-refractivity contribution is -0.0199. The SMILES string of the molecule is CCCC(C)COC(C(C)C)C(NCC)c1ccccc1. The fraction of sp³-hybridized carbons (Fsp3) is 0.684. The van der Waals surface area contributed by atoms with Gasteiger partial charge in [0.05, 0.1) is 12.1 Å². The highest BCUT2D eigenvalue weighted by Crippen LogP contribution is 2.25. The lowest BCUT2D eigenvalue weighted by Gasteiger charge is -2.32. The van der Waals surface area contributed by atoms with Gasteiger partial charge in [0.15, 0.2) is 0 Å². The van der Waals surface area contributed by atoms with Crippen molar-refractivity contribution in [3.05, 3.63) is 35.9 Å². The van der Waals surface area contributed by atoms with E-state index in [0.717, 1.165) is 13.2 Å². The third kappa shape index (κ3) is 6.19. The third-order valence-corrected chi connectivity index (χ3v) is 3.92. The molecule has 3 atom stereocenters. The van der Waals surface area contributed by atoms with Crippen LogP contribution in [0.5, 0.6) is 0 Å². The number of likely N-dealkylation sites (N-methyl/N-ethyl adjacent to an activating group) is 1. The number of benzene rings is 1. The third-order valence-electron chi connectivity index (χ3n) is 3.92. The van der Waals surface area contributed by atoms with Crippen molar-refractivity contribution in [3.63, 3.8) is 0 Å². The zero-order valence-electron chi connectivity index (χ0n) is 14.4. The first-order valence-electron chi connectivity index (χ1n) is 8.50. The smallest absolute Gasteiger partial charge is 0.0792 e. The Labute approximate surface area is 131 Å². The van der Waals surface area contributed by atoms with E-state index in [1.165, 1.54) is 18.4 Å². The van der Waals surface area contributed by atoms with Gasteiger partial charge in [0.25, 0.3) is 0 Å². The van der Waals surface area contributed by atoms with Gasteiger partial charge in [0, 0.05) is 6.61 Å². The molecule has 3 unspecified atom stereocenters. The van der Waals surface area contributed by atoms with Gasteiger partial charge >= 0.3 is 0 Å². The maximum atomic E-state index is 6.32. The average molecular weight is 291 g/mol. The van der Waals surface area contributed by atoms with E-state index in [2.05, 4.69) is 70.3 Å². The number of rotatable bonds is 10. The summed E-state index contributed by atoms with van der Waals surface area (Å²) in [4.78, 5) is 0. The van der Waals surface area contributed by atoms with E-state index in [0.29, 0.717) is 11.8 Å². The van der Waals surface area contributed by atoms with Gasteiger partial charge in [-0.25, -0.2) is 0 Å². The molecule has 1 aromatic carbocycles. The Balaban J connectivity index is 2.78. The van der Waals surface area contributed by atoms with Crippen LogP contribution in [0.2, 0.25) is 0 Å². The highest BCUT2D eigenvalue weighted by atomic mass is 16.5. The molecule has 2 nitrogen and oxygen atoms in total. The molecular formula is C19H33NO. The highest BCUT2D eigenvalue weighted by molar-refractivity contribution is 5.20. The fourth-order valence-electron chi connectivity index (χ4n) is 2.83. The first-order chi connectivity index (χ1) is 10.1. The van der Waals surface area contributed by atoms with Crippen LogP contribution in [-0.2, 0) is 4.74 Å². The molecule has 0 spiro atoms. The van der Waals surface area contributed by atoms with Gasteiger partial charge in [-0.3, -0.25) is 0 Å². The van der Waals surface area contributed by atoms with E-state index in [-0.39, 0.29) is 12.1 Å². The Morgan fingerprint density at radius 2 is 1.71 bits per heavy atom. The van der Waals surface area contributed by atoms with Crippen molar-refractivity contribution in [3.8, 4) is 0 Å². The molecule has 120 valence electrons. The van der Waals surface area contributed by atoms with E-state index >= 15 is 0 Å². The first-order valence-corrected chi connectivity index (χ1v) is 8.50. The first kappa shape index (κ1) is 18.2. The highest BCUT2D eigenvalue weighted by Gasteiger charge is 2.26. The second-order valence-corrected chi connectivity index (χ2v) is 6.38. The van der Waals surface area contributed by atoms with Gasteiger partial charge in [0.1, 0.15) is 0 Å². The van der Waals surface area contributed by atoms with Gasteiger partial charge in [-0.15, -0.1) is 0 Å². The predicted octanol–water partition coefficient (Wildman–Crippen LogP) is 4.81. The Bertz CT molecular complexity index is 363. The summed E-state index contributed by atoms with van der Waals surface area (Å²) in [6, 6.07) is 10.9. The lowest BCUT2D eigenvalue weighted by Crippen LogP contribution is -2.38. The van der Waals surface area contributed by atoms with E-state index in [9.17, 15) is 0 Å². The van der Waals surface area contributed by atoms with Crippen molar-refractivity contribution in [2.24, 2.45) is 11.8 Å². The Morgan fingerprint density at radius 3 is 2.24 bits per heavy atom. The molecule has 21 heavy (non-hydrogen) atoms. The quantitative estimate of drug-likeness (QED) is 0.667. The summed E-state index contributed by atoms with van der Waals surface area (Å²) in [6.07, 6.45) is 2.68. The molecule has 0 heterocycles. The van der Waals surface area contributed by atoms with E-state index in [1.807, 2.05) is 0 Å². The molecule has 0 aliphatic rings. The van der Waals surface area contributed by atoms with E-state index in [1.54, 1.807) is 0 Å². The zero-order valence-corrected chi connectivity index (χ0v) is 14.4. The van der Waals surface area contributed by atoms with Crippen LogP contribution in [0.15, 0.2) is 30.3 Å².